The summed E-state index contributed by atoms with van der Waals surface area (Å²) in [6, 6.07) is 15.9. The predicted molar refractivity (Wildman–Crippen MR) is 89.6 cm³/mol. The molecule has 114 valence electrons. The summed E-state index contributed by atoms with van der Waals surface area (Å²) >= 11 is -0.611. The van der Waals surface area contributed by atoms with E-state index in [0.29, 0.717) is 16.5 Å². The van der Waals surface area contributed by atoms with Gasteiger partial charge >= 0.3 is 0 Å². The molecule has 3 rings (SSSR count). The molecule has 0 saturated heterocycles. The first-order valence-electron chi connectivity index (χ1n) is 6.56. The molecule has 0 amide bonds. The average Bonchev–Trinajstić information content (AvgIpc) is 2.51. The molecule has 5 heteroatoms. The molecular weight excluding hydrogens is 300 g/mol. The molecule has 1 heterocycles. The van der Waals surface area contributed by atoms with Crippen LogP contribution in [0.1, 0.15) is 0 Å². The van der Waals surface area contributed by atoms with Crippen LogP contribution in [-0.2, 0) is 11.2 Å². The van der Waals surface area contributed by atoms with Crippen molar-refractivity contribution in [3.8, 4) is 17.1 Å². The summed E-state index contributed by atoms with van der Waals surface area (Å²) in [6.07, 6.45) is 3.28. The molecule has 1 aromatic heterocycles. The van der Waals surface area contributed by atoms with Crippen LogP contribution in [0.25, 0.3) is 22.3 Å². The van der Waals surface area contributed by atoms with Gasteiger partial charge in [-0.25, -0.2) is 0 Å². The molecule has 0 saturated carbocycles. The molecule has 22 heavy (non-hydrogen) atoms. The highest BCUT2D eigenvalue weighted by Crippen LogP contribution is 2.29. The Morgan fingerprint density at radius 3 is 2.18 bits per heavy atom. The standard InChI is InChI=1S/C15H10O3.C2H6OS/c16-13-11-8-4-5-9-12(11)18-15(14(13)17)10-6-2-1-3-7-10;1-4(2)3/h1-9,17H;1-2H3. The molecular formula is C17H16O4S. The van der Waals surface area contributed by atoms with Gasteiger partial charge in [0.2, 0.25) is 11.2 Å². The minimum atomic E-state index is -0.611. The lowest BCUT2D eigenvalue weighted by Gasteiger charge is -2.05. The fraction of sp³-hybridized carbons (Fsp3) is 0.118. The molecule has 0 aliphatic heterocycles. The van der Waals surface area contributed by atoms with Crippen molar-refractivity contribution in [2.45, 2.75) is 0 Å². The summed E-state index contributed by atoms with van der Waals surface area (Å²) in [5.74, 6) is -0.140. The fourth-order valence-corrected chi connectivity index (χ4v) is 1.92. The van der Waals surface area contributed by atoms with Crippen LogP contribution in [0, 0.1) is 0 Å². The van der Waals surface area contributed by atoms with Crippen LogP contribution >= 0.6 is 0 Å². The van der Waals surface area contributed by atoms with Crippen molar-refractivity contribution >= 4 is 22.1 Å². The summed E-state index contributed by atoms with van der Waals surface area (Å²) in [5, 5.41) is 10.3. The Bertz CT molecular complexity index is 807. The van der Waals surface area contributed by atoms with E-state index in [1.54, 1.807) is 48.9 Å². The molecule has 0 atom stereocenters. The molecule has 2 aromatic carbocycles. The smallest absolute Gasteiger partial charge is 0.235 e. The maximum absolute atomic E-state index is 12.0. The molecule has 0 spiro atoms. The lowest BCUT2D eigenvalue weighted by atomic mass is 10.1. The van der Waals surface area contributed by atoms with Crippen LogP contribution < -0.4 is 5.43 Å². The SMILES string of the molecule is C[S+](C)[O-].O=c1c(O)c(-c2ccccc2)oc2ccccc12. The van der Waals surface area contributed by atoms with Gasteiger partial charge in [0.1, 0.15) is 5.58 Å². The van der Waals surface area contributed by atoms with Crippen molar-refractivity contribution in [1.82, 2.24) is 0 Å². The third-order valence-corrected chi connectivity index (χ3v) is 2.81. The Morgan fingerprint density at radius 1 is 1.00 bits per heavy atom. The lowest BCUT2D eigenvalue weighted by Crippen LogP contribution is -2.02. The van der Waals surface area contributed by atoms with E-state index in [1.165, 1.54) is 0 Å². The lowest BCUT2D eigenvalue weighted by molar-refractivity contribution is 0.449. The monoisotopic (exact) mass is 316 g/mol. The highest BCUT2D eigenvalue weighted by atomic mass is 32.2. The normalized spacial score (nSPS) is 10.4. The van der Waals surface area contributed by atoms with E-state index < -0.39 is 16.6 Å². The van der Waals surface area contributed by atoms with E-state index in [2.05, 4.69) is 0 Å². The van der Waals surface area contributed by atoms with Crippen LogP contribution in [-0.4, -0.2) is 22.2 Å². The van der Waals surface area contributed by atoms with Crippen molar-refractivity contribution in [2.24, 2.45) is 0 Å². The van der Waals surface area contributed by atoms with Crippen LogP contribution in [0.4, 0.5) is 0 Å². The van der Waals surface area contributed by atoms with Gasteiger partial charge in [-0.2, -0.15) is 0 Å². The summed E-state index contributed by atoms with van der Waals surface area (Å²) < 4.78 is 15.2. The first kappa shape index (κ1) is 16.1. The number of rotatable bonds is 1. The van der Waals surface area contributed by atoms with Crippen molar-refractivity contribution in [3.05, 3.63) is 64.8 Å². The van der Waals surface area contributed by atoms with Gasteiger partial charge in [0, 0.05) is 5.56 Å². The van der Waals surface area contributed by atoms with Gasteiger partial charge in [-0.05, 0) is 12.1 Å². The van der Waals surface area contributed by atoms with Gasteiger partial charge in [-0.3, -0.25) is 4.79 Å². The second kappa shape index (κ2) is 7.15. The Balaban J connectivity index is 0.000000396. The van der Waals surface area contributed by atoms with Crippen LogP contribution in [0.3, 0.4) is 0 Å². The Morgan fingerprint density at radius 2 is 1.55 bits per heavy atom. The van der Waals surface area contributed by atoms with Gasteiger partial charge < -0.3 is 14.1 Å². The van der Waals surface area contributed by atoms with Crippen LogP contribution in [0.2, 0.25) is 0 Å². The summed E-state index contributed by atoms with van der Waals surface area (Å²) in [7, 11) is 0. The molecule has 0 unspecified atom stereocenters. The quantitative estimate of drug-likeness (QED) is 0.700. The summed E-state index contributed by atoms with van der Waals surface area (Å²) in [5.41, 5.74) is 0.743. The summed E-state index contributed by atoms with van der Waals surface area (Å²) in [4.78, 5) is 12.0. The van der Waals surface area contributed by atoms with E-state index in [0.717, 1.165) is 0 Å². The highest BCUT2D eigenvalue weighted by molar-refractivity contribution is 7.89. The first-order valence-corrected chi connectivity index (χ1v) is 8.52. The van der Waals surface area contributed by atoms with Crippen LogP contribution in [0.15, 0.2) is 63.8 Å². The second-order valence-corrected chi connectivity index (χ2v) is 6.20. The predicted octanol–water partition coefficient (Wildman–Crippen LogP) is 3.16. The number of hydrogen-bond acceptors (Lipinski definition) is 4. The molecule has 0 radical (unpaired) electrons. The third-order valence-electron chi connectivity index (χ3n) is 2.81. The van der Waals surface area contributed by atoms with Crippen molar-refractivity contribution in [2.75, 3.05) is 12.5 Å². The minimum Gasteiger partial charge on any atom is -0.617 e. The molecule has 4 nitrogen and oxygen atoms in total. The van der Waals surface area contributed by atoms with Crippen molar-refractivity contribution < 1.29 is 14.1 Å². The second-order valence-electron chi connectivity index (χ2n) is 4.71. The summed E-state index contributed by atoms with van der Waals surface area (Å²) in [6.45, 7) is 0. The van der Waals surface area contributed by atoms with Crippen molar-refractivity contribution in [3.63, 3.8) is 0 Å². The molecule has 0 bridgehead atoms. The zero-order valence-corrected chi connectivity index (χ0v) is 13.1. The van der Waals surface area contributed by atoms with Gasteiger partial charge in [0.25, 0.3) is 0 Å². The number of aromatic hydroxyl groups is 1. The number of para-hydroxylation sites is 1. The van der Waals surface area contributed by atoms with Gasteiger partial charge in [-0.15, -0.1) is 0 Å². The van der Waals surface area contributed by atoms with Gasteiger partial charge in [0.05, 0.1) is 17.9 Å². The van der Waals surface area contributed by atoms with Gasteiger partial charge in [-0.1, -0.05) is 53.6 Å². The molecule has 0 aliphatic rings. The van der Waals surface area contributed by atoms with Gasteiger partial charge in [0.15, 0.2) is 5.76 Å². The maximum Gasteiger partial charge on any atom is 0.235 e. The van der Waals surface area contributed by atoms with E-state index >= 15 is 0 Å². The molecule has 0 fully saturated rings. The van der Waals surface area contributed by atoms with E-state index in [4.69, 9.17) is 4.42 Å². The van der Waals surface area contributed by atoms with E-state index in [1.807, 2.05) is 18.2 Å². The Kier molecular flexibility index (Phi) is 5.25. The minimum absolute atomic E-state index is 0.208. The Labute approximate surface area is 131 Å². The van der Waals surface area contributed by atoms with E-state index in [9.17, 15) is 14.5 Å². The first-order chi connectivity index (χ1) is 10.5. The molecule has 1 N–H and O–H groups in total. The Hall–Kier alpha value is -2.24. The zero-order valence-electron chi connectivity index (χ0n) is 12.3. The molecule has 0 aliphatic carbocycles. The van der Waals surface area contributed by atoms with E-state index in [-0.39, 0.29) is 11.5 Å². The topological polar surface area (TPSA) is 73.5 Å². The van der Waals surface area contributed by atoms with Crippen LogP contribution in [0.5, 0.6) is 5.75 Å². The number of hydrogen-bond donors (Lipinski definition) is 1. The highest BCUT2D eigenvalue weighted by Gasteiger charge is 2.14. The third kappa shape index (κ3) is 3.69. The average molecular weight is 316 g/mol. The van der Waals surface area contributed by atoms with Crippen molar-refractivity contribution in [1.29, 1.82) is 0 Å². The largest absolute Gasteiger partial charge is 0.617 e. The molecule has 3 aromatic rings. The number of fused-ring (bicyclic) bond motifs is 1. The number of benzene rings is 2. The fourth-order valence-electron chi connectivity index (χ4n) is 1.92. The zero-order chi connectivity index (χ0) is 16.1. The maximum atomic E-state index is 12.0.